The Kier molecular flexibility index (Phi) is 3.86. The predicted octanol–water partition coefficient (Wildman–Crippen LogP) is 0.237. The van der Waals surface area contributed by atoms with E-state index in [1.165, 1.54) is 19.3 Å². The first-order valence-corrected chi connectivity index (χ1v) is 9.04. The second kappa shape index (κ2) is 5.31. The van der Waals surface area contributed by atoms with Crippen molar-refractivity contribution in [3.8, 4) is 0 Å². The summed E-state index contributed by atoms with van der Waals surface area (Å²) >= 11 is 0. The molecule has 3 fully saturated rings. The average molecular weight is 287 g/mol. The first-order valence-electron chi connectivity index (χ1n) is 7.54. The number of nitrogens with zero attached hydrogens (tertiary/aromatic N) is 2. The van der Waals surface area contributed by atoms with Gasteiger partial charge in [-0.1, -0.05) is 0 Å². The van der Waals surface area contributed by atoms with E-state index in [2.05, 4.69) is 10.2 Å². The second-order valence-electron chi connectivity index (χ2n) is 6.23. The fraction of sp³-hybridized carbons (Fsp3) is 1.00. The van der Waals surface area contributed by atoms with E-state index in [1.807, 2.05) is 6.92 Å². The molecular formula is C13H25N3O2S. The number of nitrogens with one attached hydrogen (secondary N) is 1. The molecule has 2 heterocycles. The van der Waals surface area contributed by atoms with Gasteiger partial charge in [0.25, 0.3) is 0 Å². The molecule has 0 aromatic carbocycles. The molecule has 1 saturated carbocycles. The van der Waals surface area contributed by atoms with Crippen LogP contribution in [-0.4, -0.2) is 67.7 Å². The molecule has 3 aliphatic rings. The molecule has 0 aromatic rings. The summed E-state index contributed by atoms with van der Waals surface area (Å²) in [5.41, 5.74) is 0. The first-order chi connectivity index (χ1) is 9.07. The summed E-state index contributed by atoms with van der Waals surface area (Å²) in [6.07, 6.45) is 4.78. The van der Waals surface area contributed by atoms with Gasteiger partial charge in [0.15, 0.2) is 0 Å². The van der Waals surface area contributed by atoms with Crippen LogP contribution in [0.2, 0.25) is 0 Å². The Bertz CT molecular complexity index is 422. The Morgan fingerprint density at radius 3 is 2.74 bits per heavy atom. The largest absolute Gasteiger partial charge is 0.313 e. The summed E-state index contributed by atoms with van der Waals surface area (Å²) < 4.78 is 26.9. The van der Waals surface area contributed by atoms with Crippen molar-refractivity contribution in [2.75, 3.05) is 32.7 Å². The van der Waals surface area contributed by atoms with Crippen LogP contribution in [0.3, 0.4) is 0 Å². The zero-order valence-corrected chi connectivity index (χ0v) is 12.5. The SMILES string of the molecule is CC(CNC1CC1)S(=O)(=O)N1CCN2CCCC2C1. The molecule has 2 atom stereocenters. The fourth-order valence-electron chi connectivity index (χ4n) is 3.17. The third kappa shape index (κ3) is 2.96. The van der Waals surface area contributed by atoms with Gasteiger partial charge >= 0.3 is 0 Å². The standard InChI is InChI=1S/C13H25N3O2S/c1-11(9-14-12-4-5-12)19(17,18)16-8-7-15-6-2-3-13(15)10-16/h11-14H,2-10H2,1H3. The molecule has 0 radical (unpaired) electrons. The van der Waals surface area contributed by atoms with Gasteiger partial charge in [-0.25, -0.2) is 8.42 Å². The van der Waals surface area contributed by atoms with Gasteiger partial charge in [-0.3, -0.25) is 4.90 Å². The molecule has 3 rings (SSSR count). The Hall–Kier alpha value is -0.170. The van der Waals surface area contributed by atoms with Crippen molar-refractivity contribution in [3.05, 3.63) is 0 Å². The molecule has 0 bridgehead atoms. The maximum Gasteiger partial charge on any atom is 0.218 e. The van der Waals surface area contributed by atoms with Gasteiger partial charge in [0, 0.05) is 38.3 Å². The lowest BCUT2D eigenvalue weighted by atomic mass is 10.2. The maximum atomic E-state index is 12.6. The van der Waals surface area contributed by atoms with Crippen LogP contribution in [0.15, 0.2) is 0 Å². The summed E-state index contributed by atoms with van der Waals surface area (Å²) in [5.74, 6) is 0. The van der Waals surface area contributed by atoms with Gasteiger partial charge in [0.05, 0.1) is 5.25 Å². The Balaban J connectivity index is 1.59. The number of rotatable bonds is 5. The van der Waals surface area contributed by atoms with E-state index in [9.17, 15) is 8.42 Å². The van der Waals surface area contributed by atoms with E-state index in [1.54, 1.807) is 4.31 Å². The lowest BCUT2D eigenvalue weighted by molar-refractivity contribution is 0.157. The highest BCUT2D eigenvalue weighted by Gasteiger charge is 2.38. The smallest absolute Gasteiger partial charge is 0.218 e. The normalized spacial score (nSPS) is 31.3. The minimum absolute atomic E-state index is 0.305. The van der Waals surface area contributed by atoms with E-state index in [4.69, 9.17) is 0 Å². The number of sulfonamides is 1. The molecule has 0 aromatic heterocycles. The highest BCUT2D eigenvalue weighted by molar-refractivity contribution is 7.89. The molecule has 0 spiro atoms. The van der Waals surface area contributed by atoms with Crippen molar-refractivity contribution in [1.82, 2.24) is 14.5 Å². The number of hydrogen-bond acceptors (Lipinski definition) is 4. The third-order valence-electron chi connectivity index (χ3n) is 4.69. The van der Waals surface area contributed by atoms with E-state index < -0.39 is 10.0 Å². The topological polar surface area (TPSA) is 52.7 Å². The third-order valence-corrected chi connectivity index (χ3v) is 6.92. The summed E-state index contributed by atoms with van der Waals surface area (Å²) in [5, 5.41) is 3.03. The number of fused-ring (bicyclic) bond motifs is 1. The molecule has 1 N–H and O–H groups in total. The van der Waals surface area contributed by atoms with Crippen LogP contribution in [0.4, 0.5) is 0 Å². The van der Waals surface area contributed by atoms with Crippen molar-refractivity contribution >= 4 is 10.0 Å². The van der Waals surface area contributed by atoms with Crippen LogP contribution in [0, 0.1) is 0 Å². The minimum atomic E-state index is -3.12. The van der Waals surface area contributed by atoms with Crippen LogP contribution in [-0.2, 0) is 10.0 Å². The molecular weight excluding hydrogens is 262 g/mol. The molecule has 1 aliphatic carbocycles. The fourth-order valence-corrected chi connectivity index (χ4v) is 4.71. The van der Waals surface area contributed by atoms with Crippen LogP contribution in [0.5, 0.6) is 0 Å². The lowest BCUT2D eigenvalue weighted by Gasteiger charge is -2.37. The Labute approximate surface area is 116 Å². The summed E-state index contributed by atoms with van der Waals surface area (Å²) in [6, 6.07) is 1.04. The summed E-state index contributed by atoms with van der Waals surface area (Å²) in [4.78, 5) is 2.44. The molecule has 6 heteroatoms. The van der Waals surface area contributed by atoms with Crippen molar-refractivity contribution in [2.45, 2.75) is 49.9 Å². The molecule has 0 amide bonds. The van der Waals surface area contributed by atoms with Crippen LogP contribution >= 0.6 is 0 Å². The summed E-state index contributed by atoms with van der Waals surface area (Å²) in [6.45, 7) is 5.87. The van der Waals surface area contributed by atoms with E-state index in [-0.39, 0.29) is 5.25 Å². The lowest BCUT2D eigenvalue weighted by Crippen LogP contribution is -2.54. The molecule has 2 aliphatic heterocycles. The van der Waals surface area contributed by atoms with Crippen LogP contribution in [0.25, 0.3) is 0 Å². The maximum absolute atomic E-state index is 12.6. The highest BCUT2D eigenvalue weighted by atomic mass is 32.2. The molecule has 5 nitrogen and oxygen atoms in total. The second-order valence-corrected chi connectivity index (χ2v) is 8.58. The molecule has 2 unspecified atom stereocenters. The van der Waals surface area contributed by atoms with Crippen molar-refractivity contribution < 1.29 is 8.42 Å². The van der Waals surface area contributed by atoms with Crippen LogP contribution in [0.1, 0.15) is 32.6 Å². The Morgan fingerprint density at radius 2 is 2.00 bits per heavy atom. The molecule has 2 saturated heterocycles. The van der Waals surface area contributed by atoms with Gasteiger partial charge < -0.3 is 5.32 Å². The molecule has 110 valence electrons. The minimum Gasteiger partial charge on any atom is -0.313 e. The van der Waals surface area contributed by atoms with Gasteiger partial charge in [-0.2, -0.15) is 4.31 Å². The van der Waals surface area contributed by atoms with Crippen molar-refractivity contribution in [3.63, 3.8) is 0 Å². The van der Waals surface area contributed by atoms with E-state index >= 15 is 0 Å². The highest BCUT2D eigenvalue weighted by Crippen LogP contribution is 2.24. The summed E-state index contributed by atoms with van der Waals surface area (Å²) in [7, 11) is -3.12. The number of piperazine rings is 1. The average Bonchev–Trinajstić information content (AvgIpc) is 3.10. The molecule has 19 heavy (non-hydrogen) atoms. The van der Waals surface area contributed by atoms with E-state index in [0.29, 0.717) is 31.7 Å². The predicted molar refractivity (Wildman–Crippen MR) is 75.6 cm³/mol. The van der Waals surface area contributed by atoms with Gasteiger partial charge in [0.1, 0.15) is 0 Å². The Morgan fingerprint density at radius 1 is 1.21 bits per heavy atom. The van der Waals surface area contributed by atoms with Gasteiger partial charge in [0.2, 0.25) is 10.0 Å². The zero-order valence-electron chi connectivity index (χ0n) is 11.7. The zero-order chi connectivity index (χ0) is 13.5. The number of hydrogen-bond donors (Lipinski definition) is 1. The first kappa shape index (κ1) is 13.8. The quantitative estimate of drug-likeness (QED) is 0.787. The van der Waals surface area contributed by atoms with Crippen LogP contribution < -0.4 is 5.32 Å². The van der Waals surface area contributed by atoms with Crippen molar-refractivity contribution in [1.29, 1.82) is 0 Å². The van der Waals surface area contributed by atoms with Crippen molar-refractivity contribution in [2.24, 2.45) is 0 Å². The van der Waals surface area contributed by atoms with Gasteiger partial charge in [-0.05, 0) is 39.2 Å². The van der Waals surface area contributed by atoms with Gasteiger partial charge in [-0.15, -0.1) is 0 Å². The van der Waals surface area contributed by atoms with E-state index in [0.717, 1.165) is 19.5 Å². The monoisotopic (exact) mass is 287 g/mol.